The number of aryl methyl sites for hydroxylation is 1. The average molecular weight is 434 g/mol. The van der Waals surface area contributed by atoms with Crippen LogP contribution in [0.15, 0.2) is 47.7 Å². The van der Waals surface area contributed by atoms with Gasteiger partial charge in [-0.05, 0) is 24.3 Å². The summed E-state index contributed by atoms with van der Waals surface area (Å²) in [5.41, 5.74) is 1.15. The Morgan fingerprint density at radius 2 is 1.97 bits per heavy atom. The second kappa shape index (κ2) is 9.94. The van der Waals surface area contributed by atoms with Crippen LogP contribution in [0.25, 0.3) is 0 Å². The van der Waals surface area contributed by atoms with Gasteiger partial charge in [0, 0.05) is 72.0 Å². The molecule has 0 unspecified atom stereocenters. The number of nitrogens with zero attached hydrogens (tertiary/aromatic N) is 6. The SMILES string of the molecule is CN=C(NCCS(=O)(=O)N1CCN(c2ccccn2)CC1)N(C)Cc1cccn1C. The fourth-order valence-corrected chi connectivity index (χ4v) is 4.86. The van der Waals surface area contributed by atoms with Gasteiger partial charge < -0.3 is 19.7 Å². The zero-order chi connectivity index (χ0) is 21.6. The fraction of sp³-hybridized carbons (Fsp3) is 0.500. The number of hydrogen-bond acceptors (Lipinski definition) is 5. The molecule has 0 spiro atoms. The number of aromatic nitrogens is 2. The van der Waals surface area contributed by atoms with Crippen LogP contribution in [-0.4, -0.2) is 85.7 Å². The van der Waals surface area contributed by atoms with Crippen molar-refractivity contribution in [1.29, 1.82) is 0 Å². The zero-order valence-corrected chi connectivity index (χ0v) is 18.7. The molecule has 0 atom stereocenters. The molecule has 0 aliphatic carbocycles. The first-order valence-corrected chi connectivity index (χ1v) is 11.7. The highest BCUT2D eigenvalue weighted by Gasteiger charge is 2.27. The molecule has 0 aromatic carbocycles. The molecular weight excluding hydrogens is 402 g/mol. The predicted molar refractivity (Wildman–Crippen MR) is 120 cm³/mol. The number of hydrogen-bond donors (Lipinski definition) is 1. The van der Waals surface area contributed by atoms with Crippen LogP contribution >= 0.6 is 0 Å². The lowest BCUT2D eigenvalue weighted by atomic mass is 10.3. The molecule has 164 valence electrons. The molecule has 10 heteroatoms. The van der Waals surface area contributed by atoms with Gasteiger partial charge in [-0.2, -0.15) is 4.31 Å². The second-order valence-corrected chi connectivity index (χ2v) is 9.42. The van der Waals surface area contributed by atoms with Crippen LogP contribution in [0.3, 0.4) is 0 Å². The van der Waals surface area contributed by atoms with E-state index in [1.807, 2.05) is 49.5 Å². The predicted octanol–water partition coefficient (Wildman–Crippen LogP) is 0.579. The average Bonchev–Trinajstić information content (AvgIpc) is 3.16. The maximum absolute atomic E-state index is 12.8. The van der Waals surface area contributed by atoms with E-state index in [2.05, 4.69) is 30.8 Å². The van der Waals surface area contributed by atoms with E-state index in [-0.39, 0.29) is 5.75 Å². The van der Waals surface area contributed by atoms with Gasteiger partial charge in [-0.1, -0.05) is 6.07 Å². The Kier molecular flexibility index (Phi) is 7.33. The number of guanidine groups is 1. The molecule has 30 heavy (non-hydrogen) atoms. The number of rotatable bonds is 7. The molecule has 1 N–H and O–H groups in total. The molecule has 1 aliphatic rings. The monoisotopic (exact) mass is 433 g/mol. The summed E-state index contributed by atoms with van der Waals surface area (Å²) in [5.74, 6) is 1.60. The van der Waals surface area contributed by atoms with Gasteiger partial charge in [-0.15, -0.1) is 0 Å². The van der Waals surface area contributed by atoms with Crippen LogP contribution in [0, 0.1) is 0 Å². The molecule has 1 aliphatic heterocycles. The van der Waals surface area contributed by atoms with E-state index < -0.39 is 10.0 Å². The quantitative estimate of drug-likeness (QED) is 0.508. The summed E-state index contributed by atoms with van der Waals surface area (Å²) < 4.78 is 29.2. The largest absolute Gasteiger partial charge is 0.355 e. The standard InChI is InChI=1S/C20H31N7O2S/c1-21-20(25(3)17-18-7-6-11-24(18)2)23-10-16-30(28,29)27-14-12-26(13-15-27)19-8-4-5-9-22-19/h4-9,11H,10,12-17H2,1-3H3,(H,21,23). The Labute approximate surface area is 179 Å². The molecule has 9 nitrogen and oxygen atoms in total. The second-order valence-electron chi connectivity index (χ2n) is 7.33. The van der Waals surface area contributed by atoms with Crippen molar-refractivity contribution in [2.45, 2.75) is 6.54 Å². The minimum absolute atomic E-state index is 0.0353. The maximum Gasteiger partial charge on any atom is 0.215 e. The van der Waals surface area contributed by atoms with Gasteiger partial charge in [0.1, 0.15) is 5.82 Å². The molecule has 1 saturated heterocycles. The topological polar surface area (TPSA) is 86.1 Å². The summed E-state index contributed by atoms with van der Waals surface area (Å²) >= 11 is 0. The molecule has 0 radical (unpaired) electrons. The summed E-state index contributed by atoms with van der Waals surface area (Å²) in [6.45, 7) is 3.23. The van der Waals surface area contributed by atoms with Crippen molar-refractivity contribution in [3.63, 3.8) is 0 Å². The van der Waals surface area contributed by atoms with Gasteiger partial charge in [0.2, 0.25) is 10.0 Å². The van der Waals surface area contributed by atoms with Gasteiger partial charge >= 0.3 is 0 Å². The smallest absolute Gasteiger partial charge is 0.215 e. The molecule has 3 heterocycles. The molecule has 0 saturated carbocycles. The fourth-order valence-electron chi connectivity index (χ4n) is 3.52. The van der Waals surface area contributed by atoms with Crippen molar-refractivity contribution in [3.05, 3.63) is 48.4 Å². The summed E-state index contributed by atoms with van der Waals surface area (Å²) in [6.07, 6.45) is 3.76. The highest BCUT2D eigenvalue weighted by Crippen LogP contribution is 2.14. The minimum Gasteiger partial charge on any atom is -0.355 e. The molecule has 2 aromatic rings. The Bertz CT molecular complexity index is 935. The van der Waals surface area contributed by atoms with Gasteiger partial charge in [0.15, 0.2) is 5.96 Å². The molecule has 3 rings (SSSR count). The van der Waals surface area contributed by atoms with Gasteiger partial charge in [0.05, 0.1) is 12.3 Å². The third-order valence-electron chi connectivity index (χ3n) is 5.27. The molecule has 2 aromatic heterocycles. The Hall–Kier alpha value is -2.59. The van der Waals surface area contributed by atoms with Crippen molar-refractivity contribution >= 4 is 21.8 Å². The van der Waals surface area contributed by atoms with Gasteiger partial charge in [0.25, 0.3) is 0 Å². The lowest BCUT2D eigenvalue weighted by molar-refractivity contribution is 0.383. The molecule has 0 amide bonds. The van der Waals surface area contributed by atoms with Crippen molar-refractivity contribution in [1.82, 2.24) is 24.1 Å². The van der Waals surface area contributed by atoms with E-state index in [9.17, 15) is 8.42 Å². The van der Waals surface area contributed by atoms with E-state index in [4.69, 9.17) is 0 Å². The third-order valence-corrected chi connectivity index (χ3v) is 7.14. The summed E-state index contributed by atoms with van der Waals surface area (Å²) in [4.78, 5) is 12.7. The van der Waals surface area contributed by atoms with Crippen molar-refractivity contribution in [2.24, 2.45) is 12.0 Å². The third kappa shape index (κ3) is 5.51. The van der Waals surface area contributed by atoms with E-state index in [0.29, 0.717) is 45.2 Å². The van der Waals surface area contributed by atoms with E-state index in [1.54, 1.807) is 17.5 Å². The first-order valence-electron chi connectivity index (χ1n) is 10.1. The highest BCUT2D eigenvalue weighted by molar-refractivity contribution is 7.89. The van der Waals surface area contributed by atoms with Gasteiger partial charge in [-0.3, -0.25) is 4.99 Å². The zero-order valence-electron chi connectivity index (χ0n) is 17.9. The summed E-state index contributed by atoms with van der Waals surface area (Å²) in [6, 6.07) is 9.82. The number of pyridine rings is 1. The van der Waals surface area contributed by atoms with Crippen LogP contribution in [-0.2, 0) is 23.6 Å². The normalized spacial score (nSPS) is 16.0. The number of aliphatic imine (C=N–C) groups is 1. The molecule has 0 bridgehead atoms. The van der Waals surface area contributed by atoms with Crippen molar-refractivity contribution in [3.8, 4) is 0 Å². The minimum atomic E-state index is -3.33. The first-order chi connectivity index (χ1) is 14.4. The van der Waals surface area contributed by atoms with Crippen LogP contribution in [0.5, 0.6) is 0 Å². The van der Waals surface area contributed by atoms with Crippen LogP contribution in [0.2, 0.25) is 0 Å². The first kappa shape index (κ1) is 22.1. The molecular formula is C20H31N7O2S. The van der Waals surface area contributed by atoms with Crippen molar-refractivity contribution in [2.75, 3.05) is 57.5 Å². The highest BCUT2D eigenvalue weighted by atomic mass is 32.2. The number of nitrogens with one attached hydrogen (secondary N) is 1. The Morgan fingerprint density at radius 1 is 1.20 bits per heavy atom. The van der Waals surface area contributed by atoms with Crippen LogP contribution < -0.4 is 10.2 Å². The number of anilines is 1. The van der Waals surface area contributed by atoms with E-state index in [1.165, 1.54) is 0 Å². The van der Waals surface area contributed by atoms with Crippen LogP contribution in [0.4, 0.5) is 5.82 Å². The summed E-state index contributed by atoms with van der Waals surface area (Å²) in [5, 5.41) is 3.17. The van der Waals surface area contributed by atoms with E-state index in [0.717, 1.165) is 11.5 Å². The lowest BCUT2D eigenvalue weighted by Gasteiger charge is -2.34. The maximum atomic E-state index is 12.8. The van der Waals surface area contributed by atoms with Crippen molar-refractivity contribution < 1.29 is 8.42 Å². The van der Waals surface area contributed by atoms with E-state index >= 15 is 0 Å². The summed E-state index contributed by atoms with van der Waals surface area (Å²) in [7, 11) is 2.31. The number of piperazine rings is 1. The Morgan fingerprint density at radius 3 is 2.57 bits per heavy atom. The number of sulfonamides is 1. The lowest BCUT2D eigenvalue weighted by Crippen LogP contribution is -2.50. The van der Waals surface area contributed by atoms with Gasteiger partial charge in [-0.25, -0.2) is 13.4 Å². The molecule has 1 fully saturated rings. The Balaban J connectivity index is 1.47. The van der Waals surface area contributed by atoms with Crippen LogP contribution in [0.1, 0.15) is 5.69 Å².